The molecule has 2 aromatic rings. The van der Waals surface area contributed by atoms with Crippen molar-refractivity contribution in [3.63, 3.8) is 0 Å². The molecule has 6 nitrogen and oxygen atoms in total. The minimum atomic E-state index is -0.0666. The molecule has 2 saturated carbocycles. The van der Waals surface area contributed by atoms with E-state index < -0.39 is 0 Å². The molecule has 0 spiro atoms. The molecule has 4 aliphatic carbocycles. The van der Waals surface area contributed by atoms with Crippen LogP contribution in [0, 0.1) is 35.5 Å². The minimum absolute atomic E-state index is 0.0666. The Hall–Kier alpha value is -2.63. The maximum atomic E-state index is 12.5. The SMILES string of the molecule is Cc1cn(C2=CCC3C4CC=C5C[C@@H](NC(=O)n6ccnc6)CC[C@]5(C)C4CC[C@]23C)cn1. The van der Waals surface area contributed by atoms with Crippen molar-refractivity contribution in [3.8, 4) is 0 Å². The molecule has 6 heteroatoms. The molecule has 1 N–H and O–H groups in total. The number of aromatic nitrogens is 4. The van der Waals surface area contributed by atoms with Gasteiger partial charge >= 0.3 is 6.03 Å². The van der Waals surface area contributed by atoms with Crippen molar-refractivity contribution in [2.45, 2.75) is 71.8 Å². The quantitative estimate of drug-likeness (QED) is 0.627. The summed E-state index contributed by atoms with van der Waals surface area (Å²) < 4.78 is 3.82. The number of nitrogens with zero attached hydrogens (tertiary/aromatic N) is 4. The number of amides is 1. The van der Waals surface area contributed by atoms with Crippen molar-refractivity contribution in [2.24, 2.45) is 28.6 Å². The van der Waals surface area contributed by atoms with E-state index in [1.807, 2.05) is 6.33 Å². The van der Waals surface area contributed by atoms with Crippen LogP contribution >= 0.6 is 0 Å². The number of allylic oxidation sites excluding steroid dienone is 3. The number of hydrogen-bond acceptors (Lipinski definition) is 3. The molecule has 0 bridgehead atoms. The summed E-state index contributed by atoms with van der Waals surface area (Å²) >= 11 is 0. The van der Waals surface area contributed by atoms with Gasteiger partial charge in [0, 0.05) is 35.7 Å². The summed E-state index contributed by atoms with van der Waals surface area (Å²) in [6.45, 7) is 7.10. The maximum absolute atomic E-state index is 12.5. The van der Waals surface area contributed by atoms with Gasteiger partial charge in [0.2, 0.25) is 0 Å². The van der Waals surface area contributed by atoms with E-state index in [1.54, 1.807) is 24.3 Å². The Labute approximate surface area is 196 Å². The van der Waals surface area contributed by atoms with Gasteiger partial charge in [0.1, 0.15) is 6.33 Å². The first kappa shape index (κ1) is 20.9. The van der Waals surface area contributed by atoms with Gasteiger partial charge < -0.3 is 9.88 Å². The monoisotopic (exact) mass is 445 g/mol. The molecule has 4 aliphatic rings. The van der Waals surface area contributed by atoms with Gasteiger partial charge in [0.15, 0.2) is 0 Å². The molecule has 174 valence electrons. The first-order valence-corrected chi connectivity index (χ1v) is 12.6. The zero-order valence-electron chi connectivity index (χ0n) is 20.0. The third-order valence-electron chi connectivity index (χ3n) is 9.70. The van der Waals surface area contributed by atoms with Crippen LogP contribution in [0.2, 0.25) is 0 Å². The second-order valence-electron chi connectivity index (χ2n) is 11.3. The van der Waals surface area contributed by atoms with Crippen molar-refractivity contribution in [3.05, 3.63) is 54.7 Å². The lowest BCUT2D eigenvalue weighted by molar-refractivity contribution is -0.0135. The fourth-order valence-corrected chi connectivity index (χ4v) is 7.91. The van der Waals surface area contributed by atoms with E-state index in [9.17, 15) is 4.79 Å². The molecule has 0 aliphatic heterocycles. The molecule has 0 radical (unpaired) electrons. The predicted molar refractivity (Wildman–Crippen MR) is 128 cm³/mol. The Kier molecular flexibility index (Phi) is 4.72. The van der Waals surface area contributed by atoms with Gasteiger partial charge in [0.05, 0.1) is 12.0 Å². The Morgan fingerprint density at radius 2 is 1.94 bits per heavy atom. The zero-order chi connectivity index (χ0) is 22.8. The molecule has 33 heavy (non-hydrogen) atoms. The van der Waals surface area contributed by atoms with Gasteiger partial charge in [-0.2, -0.15) is 0 Å². The fraction of sp³-hybridized carbons (Fsp3) is 0.593. The Morgan fingerprint density at radius 3 is 2.70 bits per heavy atom. The summed E-state index contributed by atoms with van der Waals surface area (Å²) in [5.74, 6) is 2.20. The van der Waals surface area contributed by atoms with E-state index in [2.05, 4.69) is 59.0 Å². The van der Waals surface area contributed by atoms with Gasteiger partial charge in [-0.3, -0.25) is 4.57 Å². The predicted octanol–water partition coefficient (Wildman–Crippen LogP) is 5.43. The van der Waals surface area contributed by atoms with Gasteiger partial charge in [-0.05, 0) is 75.0 Å². The number of imidazole rings is 2. The van der Waals surface area contributed by atoms with Gasteiger partial charge in [-0.25, -0.2) is 14.8 Å². The van der Waals surface area contributed by atoms with Crippen molar-refractivity contribution in [2.75, 3.05) is 0 Å². The highest BCUT2D eigenvalue weighted by atomic mass is 16.2. The largest absolute Gasteiger partial charge is 0.334 e. The van der Waals surface area contributed by atoms with E-state index in [0.717, 1.165) is 30.4 Å². The molecule has 0 saturated heterocycles. The molecule has 3 unspecified atom stereocenters. The van der Waals surface area contributed by atoms with Crippen LogP contribution in [0.5, 0.6) is 0 Å². The third kappa shape index (κ3) is 3.17. The van der Waals surface area contributed by atoms with Crippen LogP contribution in [-0.4, -0.2) is 31.2 Å². The number of fused-ring (bicyclic) bond motifs is 5. The van der Waals surface area contributed by atoms with Crippen LogP contribution < -0.4 is 5.32 Å². The van der Waals surface area contributed by atoms with E-state index in [0.29, 0.717) is 5.92 Å². The van der Waals surface area contributed by atoms with Crippen LogP contribution in [0.1, 0.15) is 64.5 Å². The number of aryl methyl sites for hydroxylation is 1. The summed E-state index contributed by atoms with van der Waals surface area (Å²) in [6, 6.07) is 0.150. The first-order valence-electron chi connectivity index (χ1n) is 12.6. The lowest BCUT2D eigenvalue weighted by atomic mass is 9.47. The second kappa shape index (κ2) is 7.44. The number of hydrogen-bond donors (Lipinski definition) is 1. The van der Waals surface area contributed by atoms with Crippen LogP contribution in [-0.2, 0) is 0 Å². The Morgan fingerprint density at radius 1 is 1.09 bits per heavy atom. The second-order valence-corrected chi connectivity index (χ2v) is 11.3. The highest BCUT2D eigenvalue weighted by molar-refractivity contribution is 5.76. The van der Waals surface area contributed by atoms with E-state index in [-0.39, 0.29) is 22.9 Å². The van der Waals surface area contributed by atoms with Gasteiger partial charge in [-0.1, -0.05) is 31.6 Å². The number of nitrogens with one attached hydrogen (secondary N) is 1. The lowest BCUT2D eigenvalue weighted by Crippen LogP contribution is -2.51. The smallest absolute Gasteiger partial charge is 0.327 e. The molecule has 2 heterocycles. The standard InChI is InChI=1S/C27H35N5O/c1-18-15-32(17-29-18)24-7-6-22-21-5-4-19-14-20(30-25(33)31-13-12-28-16-31)8-10-26(19,2)23(21)9-11-27(22,24)3/h4,7,12-13,15-17,20-23H,5-6,8-11,14H2,1-3H3,(H,30,33)/t20-,21?,22?,23?,26-,27-/m0/s1. The van der Waals surface area contributed by atoms with Crippen molar-refractivity contribution < 1.29 is 4.79 Å². The number of rotatable bonds is 2. The molecule has 6 rings (SSSR count). The van der Waals surface area contributed by atoms with E-state index >= 15 is 0 Å². The van der Waals surface area contributed by atoms with Gasteiger partial charge in [-0.15, -0.1) is 0 Å². The van der Waals surface area contributed by atoms with Crippen LogP contribution in [0.3, 0.4) is 0 Å². The lowest BCUT2D eigenvalue weighted by Gasteiger charge is -2.58. The van der Waals surface area contributed by atoms with Crippen molar-refractivity contribution >= 4 is 11.7 Å². The molecule has 6 atom stereocenters. The van der Waals surface area contributed by atoms with Crippen molar-refractivity contribution in [1.29, 1.82) is 0 Å². The first-order chi connectivity index (χ1) is 15.9. The normalized spacial score (nSPS) is 37.4. The zero-order valence-corrected chi connectivity index (χ0v) is 20.0. The fourth-order valence-electron chi connectivity index (χ4n) is 7.91. The highest BCUT2D eigenvalue weighted by Crippen LogP contribution is 2.65. The summed E-state index contributed by atoms with van der Waals surface area (Å²) in [4.78, 5) is 21.0. The molecule has 0 aromatic carbocycles. The minimum Gasteiger partial charge on any atom is -0.334 e. The highest BCUT2D eigenvalue weighted by Gasteiger charge is 2.57. The third-order valence-corrected chi connectivity index (χ3v) is 9.70. The van der Waals surface area contributed by atoms with Crippen molar-refractivity contribution in [1.82, 2.24) is 24.4 Å². The average Bonchev–Trinajstić information content (AvgIpc) is 3.53. The molecular formula is C27H35N5O. The Balaban J connectivity index is 1.21. The molecular weight excluding hydrogens is 410 g/mol. The van der Waals surface area contributed by atoms with Crippen LogP contribution in [0.4, 0.5) is 4.79 Å². The molecule has 2 aromatic heterocycles. The molecule has 2 fully saturated rings. The summed E-state index contributed by atoms with van der Waals surface area (Å²) in [7, 11) is 0. The molecule has 1 amide bonds. The number of carbonyl (C=O) groups is 1. The maximum Gasteiger partial charge on any atom is 0.327 e. The average molecular weight is 446 g/mol. The summed E-state index contributed by atoms with van der Waals surface area (Å²) in [5.41, 5.74) is 4.66. The van der Waals surface area contributed by atoms with Gasteiger partial charge in [0.25, 0.3) is 0 Å². The summed E-state index contributed by atoms with van der Waals surface area (Å²) in [6.07, 6.45) is 22.3. The van der Waals surface area contributed by atoms with E-state index in [1.165, 1.54) is 42.4 Å². The van der Waals surface area contributed by atoms with Crippen LogP contribution in [0.15, 0.2) is 49.0 Å². The topological polar surface area (TPSA) is 64.7 Å². The Bertz CT molecular complexity index is 1130. The van der Waals surface area contributed by atoms with E-state index in [4.69, 9.17) is 0 Å². The summed E-state index contributed by atoms with van der Waals surface area (Å²) in [5, 5.41) is 3.24. The van der Waals surface area contributed by atoms with Crippen LogP contribution in [0.25, 0.3) is 5.70 Å². The number of carbonyl (C=O) groups excluding carboxylic acids is 1.